The normalized spacial score (nSPS) is 17.9. The maximum absolute atomic E-state index is 12.9. The highest BCUT2D eigenvalue weighted by Crippen LogP contribution is 2.42. The number of hydrogen-bond acceptors (Lipinski definition) is 6. The number of hydrogen-bond donors (Lipinski definition) is 3. The van der Waals surface area contributed by atoms with Gasteiger partial charge in [-0.3, -0.25) is 9.69 Å². The van der Waals surface area contributed by atoms with Crippen molar-refractivity contribution < 1.29 is 24.2 Å². The highest BCUT2D eigenvalue weighted by atomic mass is 16.5. The summed E-state index contributed by atoms with van der Waals surface area (Å²) in [6, 6.07) is 10.6. The zero-order valence-corrected chi connectivity index (χ0v) is 17.5. The molecule has 1 aromatic heterocycles. The van der Waals surface area contributed by atoms with Gasteiger partial charge < -0.3 is 24.7 Å². The van der Waals surface area contributed by atoms with Gasteiger partial charge in [0.2, 0.25) is 0 Å². The number of likely N-dealkylation sites (tertiary alicyclic amines) is 1. The summed E-state index contributed by atoms with van der Waals surface area (Å²) in [4.78, 5) is 15.3. The summed E-state index contributed by atoms with van der Waals surface area (Å²) in [5.74, 6) is 0.347. The van der Waals surface area contributed by atoms with E-state index in [4.69, 9.17) is 9.15 Å². The minimum absolute atomic E-state index is 0.0525. The second-order valence-electron chi connectivity index (χ2n) is 8.63. The number of carbonyl (C=O) groups excluding carboxylic acids is 1. The van der Waals surface area contributed by atoms with Crippen LogP contribution in [0.4, 0.5) is 0 Å². The SMILES string of the molecule is CNC(=O)c1c(-c2ccc(CO)cc2)oc2ccc(O)c(CN3CCC4(COC4)C3)c12. The summed E-state index contributed by atoms with van der Waals surface area (Å²) in [6.07, 6.45) is 1.08. The lowest BCUT2D eigenvalue weighted by Gasteiger charge is -2.37. The number of fused-ring (bicyclic) bond motifs is 1. The summed E-state index contributed by atoms with van der Waals surface area (Å²) in [7, 11) is 1.59. The minimum Gasteiger partial charge on any atom is -0.508 e. The number of phenols is 1. The van der Waals surface area contributed by atoms with Crippen LogP contribution in [0, 0.1) is 5.41 Å². The van der Waals surface area contributed by atoms with Gasteiger partial charge in [0.25, 0.3) is 5.91 Å². The number of aromatic hydroxyl groups is 1. The fourth-order valence-electron chi connectivity index (χ4n) is 4.73. The van der Waals surface area contributed by atoms with E-state index >= 15 is 0 Å². The predicted octanol–water partition coefficient (Wildman–Crippen LogP) is 2.88. The Labute approximate surface area is 180 Å². The second kappa shape index (κ2) is 7.67. The number of nitrogens with zero attached hydrogens (tertiary/aromatic N) is 1. The number of aliphatic hydroxyl groups excluding tert-OH is 1. The number of carbonyl (C=O) groups is 1. The molecule has 0 bridgehead atoms. The summed E-state index contributed by atoms with van der Waals surface area (Å²) >= 11 is 0. The van der Waals surface area contributed by atoms with Crippen molar-refractivity contribution >= 4 is 16.9 Å². The molecule has 1 spiro atoms. The van der Waals surface area contributed by atoms with E-state index in [0.717, 1.165) is 43.9 Å². The van der Waals surface area contributed by atoms with Crippen LogP contribution < -0.4 is 5.32 Å². The molecule has 2 aliphatic heterocycles. The third-order valence-electron chi connectivity index (χ3n) is 6.51. The van der Waals surface area contributed by atoms with Crippen LogP contribution >= 0.6 is 0 Å². The van der Waals surface area contributed by atoms with Gasteiger partial charge >= 0.3 is 0 Å². The number of nitrogens with one attached hydrogen (secondary N) is 1. The number of rotatable bonds is 5. The monoisotopic (exact) mass is 422 g/mol. The van der Waals surface area contributed by atoms with Gasteiger partial charge in [0, 0.05) is 42.1 Å². The topological polar surface area (TPSA) is 95.2 Å². The molecule has 2 fully saturated rings. The van der Waals surface area contributed by atoms with Crippen LogP contribution in [0.5, 0.6) is 5.75 Å². The molecule has 2 saturated heterocycles. The summed E-state index contributed by atoms with van der Waals surface area (Å²) in [5, 5.41) is 23.4. The molecule has 0 saturated carbocycles. The van der Waals surface area contributed by atoms with Crippen molar-refractivity contribution in [3.05, 3.63) is 53.1 Å². The second-order valence-corrected chi connectivity index (χ2v) is 8.63. The van der Waals surface area contributed by atoms with Crippen LogP contribution in [0.25, 0.3) is 22.3 Å². The number of amides is 1. The molecule has 2 aromatic carbocycles. The molecule has 7 heteroatoms. The van der Waals surface area contributed by atoms with Gasteiger partial charge in [-0.2, -0.15) is 0 Å². The molecule has 3 heterocycles. The van der Waals surface area contributed by atoms with E-state index in [-0.39, 0.29) is 23.7 Å². The quantitative estimate of drug-likeness (QED) is 0.585. The third-order valence-corrected chi connectivity index (χ3v) is 6.51. The van der Waals surface area contributed by atoms with E-state index in [0.29, 0.717) is 34.4 Å². The molecule has 1 amide bonds. The summed E-state index contributed by atoms with van der Waals surface area (Å²) in [5.41, 5.74) is 3.44. The van der Waals surface area contributed by atoms with Gasteiger partial charge in [-0.25, -0.2) is 0 Å². The fourth-order valence-corrected chi connectivity index (χ4v) is 4.73. The fraction of sp³-hybridized carbons (Fsp3) is 0.375. The number of ether oxygens (including phenoxy) is 1. The third kappa shape index (κ3) is 3.39. The number of furan rings is 1. The van der Waals surface area contributed by atoms with Crippen molar-refractivity contribution in [2.75, 3.05) is 33.4 Å². The number of phenolic OH excluding ortho intramolecular Hbond substituents is 1. The largest absolute Gasteiger partial charge is 0.508 e. The van der Waals surface area contributed by atoms with Crippen molar-refractivity contribution in [3.63, 3.8) is 0 Å². The Kier molecular flexibility index (Phi) is 4.97. The zero-order valence-electron chi connectivity index (χ0n) is 17.5. The van der Waals surface area contributed by atoms with Crippen LogP contribution in [0.1, 0.15) is 27.9 Å². The van der Waals surface area contributed by atoms with Gasteiger partial charge in [0.05, 0.1) is 25.4 Å². The Bertz CT molecular complexity index is 1130. The van der Waals surface area contributed by atoms with Gasteiger partial charge in [-0.1, -0.05) is 24.3 Å². The smallest absolute Gasteiger partial charge is 0.255 e. The highest BCUT2D eigenvalue weighted by Gasteiger charge is 2.44. The minimum atomic E-state index is -0.267. The van der Waals surface area contributed by atoms with Crippen LogP contribution in [0.15, 0.2) is 40.8 Å². The Morgan fingerprint density at radius 1 is 1.19 bits per heavy atom. The maximum Gasteiger partial charge on any atom is 0.255 e. The molecule has 0 unspecified atom stereocenters. The first kappa shape index (κ1) is 20.1. The first-order valence-corrected chi connectivity index (χ1v) is 10.5. The van der Waals surface area contributed by atoms with Crippen LogP contribution in [0.3, 0.4) is 0 Å². The van der Waals surface area contributed by atoms with Crippen molar-refractivity contribution in [3.8, 4) is 17.1 Å². The number of benzene rings is 2. The highest BCUT2D eigenvalue weighted by molar-refractivity contribution is 6.12. The molecular weight excluding hydrogens is 396 g/mol. The molecule has 162 valence electrons. The van der Waals surface area contributed by atoms with Crippen molar-refractivity contribution in [1.82, 2.24) is 10.2 Å². The van der Waals surface area contributed by atoms with Gasteiger partial charge in [-0.05, 0) is 30.7 Å². The van der Waals surface area contributed by atoms with Crippen molar-refractivity contribution in [2.24, 2.45) is 5.41 Å². The predicted molar refractivity (Wildman–Crippen MR) is 116 cm³/mol. The summed E-state index contributed by atoms with van der Waals surface area (Å²) in [6.45, 7) is 3.93. The Balaban J connectivity index is 1.61. The van der Waals surface area contributed by atoms with Gasteiger partial charge in [0.1, 0.15) is 17.1 Å². The average molecular weight is 422 g/mol. The lowest BCUT2D eigenvalue weighted by atomic mass is 9.85. The standard InChI is InChI=1S/C24H26N2O5/c1-25-23(29)21-20-17(10-26-9-8-24(12-26)13-30-14-24)18(28)6-7-19(20)31-22(21)16-4-2-15(11-27)3-5-16/h2-7,27-28H,8-14H2,1H3,(H,25,29). The molecule has 7 nitrogen and oxygen atoms in total. The maximum atomic E-state index is 12.9. The average Bonchev–Trinajstić information content (AvgIpc) is 3.37. The van der Waals surface area contributed by atoms with Gasteiger partial charge in [0.15, 0.2) is 0 Å². The van der Waals surface area contributed by atoms with E-state index in [1.54, 1.807) is 31.3 Å². The number of aliphatic hydroxyl groups is 1. The molecule has 3 N–H and O–H groups in total. The van der Waals surface area contributed by atoms with E-state index < -0.39 is 0 Å². The van der Waals surface area contributed by atoms with E-state index in [2.05, 4.69) is 10.2 Å². The Morgan fingerprint density at radius 3 is 2.58 bits per heavy atom. The molecule has 3 aromatic rings. The van der Waals surface area contributed by atoms with Crippen molar-refractivity contribution in [2.45, 2.75) is 19.6 Å². The van der Waals surface area contributed by atoms with Crippen LogP contribution in [-0.2, 0) is 17.9 Å². The molecular formula is C24H26N2O5. The van der Waals surface area contributed by atoms with Crippen LogP contribution in [-0.4, -0.2) is 54.4 Å². The molecule has 0 atom stereocenters. The summed E-state index contributed by atoms with van der Waals surface area (Å²) < 4.78 is 11.6. The van der Waals surface area contributed by atoms with Gasteiger partial charge in [-0.15, -0.1) is 0 Å². The van der Waals surface area contributed by atoms with Crippen LogP contribution in [0.2, 0.25) is 0 Å². The van der Waals surface area contributed by atoms with Crippen molar-refractivity contribution in [1.29, 1.82) is 0 Å². The lowest BCUT2D eigenvalue weighted by Crippen LogP contribution is -2.44. The molecule has 5 rings (SSSR count). The zero-order chi connectivity index (χ0) is 21.6. The first-order valence-electron chi connectivity index (χ1n) is 10.5. The molecule has 0 radical (unpaired) electrons. The Morgan fingerprint density at radius 2 is 1.97 bits per heavy atom. The molecule has 31 heavy (non-hydrogen) atoms. The first-order chi connectivity index (χ1) is 15.0. The molecule has 0 aliphatic carbocycles. The van der Waals surface area contributed by atoms with E-state index in [9.17, 15) is 15.0 Å². The Hall–Kier alpha value is -2.87. The van der Waals surface area contributed by atoms with E-state index in [1.807, 2.05) is 12.1 Å². The molecule has 2 aliphatic rings. The lowest BCUT2D eigenvalue weighted by molar-refractivity contribution is -0.105. The van der Waals surface area contributed by atoms with E-state index in [1.165, 1.54) is 0 Å².